The van der Waals surface area contributed by atoms with Gasteiger partial charge in [0.2, 0.25) is 0 Å². The van der Waals surface area contributed by atoms with Crippen molar-refractivity contribution >= 4 is 5.91 Å². The van der Waals surface area contributed by atoms with Crippen molar-refractivity contribution < 1.29 is 9.18 Å². The van der Waals surface area contributed by atoms with Crippen LogP contribution in [0, 0.1) is 5.82 Å². The van der Waals surface area contributed by atoms with Crippen LogP contribution in [0.15, 0.2) is 36.8 Å². The second-order valence-corrected chi connectivity index (χ2v) is 6.31. The van der Waals surface area contributed by atoms with Crippen LogP contribution in [0.4, 0.5) is 4.39 Å². The summed E-state index contributed by atoms with van der Waals surface area (Å²) in [6.07, 6.45) is 6.63. The molecule has 1 aromatic carbocycles. The molecule has 8 nitrogen and oxygen atoms in total. The Hall–Kier alpha value is -3.10. The number of carbonyl (C=O) groups is 1. The number of aromatic amines is 1. The van der Waals surface area contributed by atoms with Crippen molar-refractivity contribution in [1.29, 1.82) is 0 Å². The van der Waals surface area contributed by atoms with E-state index in [2.05, 4.69) is 25.7 Å². The third kappa shape index (κ3) is 3.07. The predicted molar refractivity (Wildman–Crippen MR) is 89.9 cm³/mol. The van der Waals surface area contributed by atoms with Crippen LogP contribution >= 0.6 is 0 Å². The fourth-order valence-electron chi connectivity index (χ4n) is 3.44. The number of tetrazole rings is 1. The molecular weight excluding hydrogens is 337 g/mol. The fourth-order valence-corrected chi connectivity index (χ4v) is 3.44. The summed E-state index contributed by atoms with van der Waals surface area (Å²) in [7, 11) is 0. The second-order valence-electron chi connectivity index (χ2n) is 6.31. The number of rotatable bonds is 3. The molecule has 1 aliphatic rings. The first kappa shape index (κ1) is 16.4. The summed E-state index contributed by atoms with van der Waals surface area (Å²) in [5.41, 5.74) is 1.20. The molecule has 1 saturated heterocycles. The molecule has 26 heavy (non-hydrogen) atoms. The molecule has 1 fully saturated rings. The van der Waals surface area contributed by atoms with E-state index in [1.165, 1.54) is 29.3 Å². The third-order valence-corrected chi connectivity index (χ3v) is 4.67. The van der Waals surface area contributed by atoms with Crippen molar-refractivity contribution in [3.63, 3.8) is 0 Å². The number of likely N-dealkylation sites (tertiary alicyclic amines) is 1. The van der Waals surface area contributed by atoms with E-state index < -0.39 is 0 Å². The SMILES string of the molecule is O=C(c1cn[nH]c1-n1cnnn1)N1CCCCCC1c1cccc(F)c1. The van der Waals surface area contributed by atoms with Crippen LogP contribution in [0.1, 0.15) is 47.6 Å². The second kappa shape index (κ2) is 7.03. The number of H-pyrrole nitrogens is 1. The zero-order valence-corrected chi connectivity index (χ0v) is 14.0. The van der Waals surface area contributed by atoms with Crippen molar-refractivity contribution in [2.75, 3.05) is 6.54 Å². The lowest BCUT2D eigenvalue weighted by Gasteiger charge is -2.30. The molecule has 0 bridgehead atoms. The summed E-state index contributed by atoms with van der Waals surface area (Å²) >= 11 is 0. The third-order valence-electron chi connectivity index (χ3n) is 4.67. The Balaban J connectivity index is 1.70. The Morgan fingerprint density at radius 1 is 1.27 bits per heavy atom. The molecule has 1 atom stereocenters. The summed E-state index contributed by atoms with van der Waals surface area (Å²) in [6, 6.07) is 6.31. The topological polar surface area (TPSA) is 92.6 Å². The Labute approximate surface area is 149 Å². The molecule has 1 N–H and O–H groups in total. The van der Waals surface area contributed by atoms with Gasteiger partial charge < -0.3 is 4.90 Å². The van der Waals surface area contributed by atoms with Crippen LogP contribution in [0.5, 0.6) is 0 Å². The number of amides is 1. The minimum Gasteiger partial charge on any atom is -0.331 e. The molecule has 4 rings (SSSR count). The monoisotopic (exact) mass is 355 g/mol. The normalized spacial score (nSPS) is 17.9. The molecule has 3 aromatic rings. The van der Waals surface area contributed by atoms with Gasteiger partial charge in [-0.2, -0.15) is 9.78 Å². The van der Waals surface area contributed by atoms with Gasteiger partial charge in [-0.3, -0.25) is 9.89 Å². The first-order chi connectivity index (χ1) is 12.7. The molecule has 9 heteroatoms. The van der Waals surface area contributed by atoms with Crippen molar-refractivity contribution in [2.45, 2.75) is 31.7 Å². The summed E-state index contributed by atoms with van der Waals surface area (Å²) in [4.78, 5) is 15.1. The van der Waals surface area contributed by atoms with E-state index in [9.17, 15) is 9.18 Å². The average Bonchev–Trinajstić information content (AvgIpc) is 3.28. The smallest absolute Gasteiger partial charge is 0.259 e. The molecule has 2 aromatic heterocycles. The average molecular weight is 355 g/mol. The summed E-state index contributed by atoms with van der Waals surface area (Å²) in [5, 5.41) is 17.8. The Morgan fingerprint density at radius 2 is 2.19 bits per heavy atom. The van der Waals surface area contributed by atoms with E-state index in [0.717, 1.165) is 31.2 Å². The maximum Gasteiger partial charge on any atom is 0.259 e. The molecule has 0 radical (unpaired) electrons. The number of nitrogens with zero attached hydrogens (tertiary/aromatic N) is 6. The Morgan fingerprint density at radius 3 is 3.00 bits per heavy atom. The van der Waals surface area contributed by atoms with E-state index >= 15 is 0 Å². The minimum atomic E-state index is -0.295. The van der Waals surface area contributed by atoms with E-state index in [0.29, 0.717) is 17.9 Å². The number of hydrogen-bond donors (Lipinski definition) is 1. The summed E-state index contributed by atoms with van der Waals surface area (Å²) in [5.74, 6) is -0.0421. The largest absolute Gasteiger partial charge is 0.331 e. The molecule has 1 aliphatic heterocycles. The fraction of sp³-hybridized carbons (Fsp3) is 0.353. The summed E-state index contributed by atoms with van der Waals surface area (Å²) in [6.45, 7) is 0.611. The zero-order chi connectivity index (χ0) is 17.9. The van der Waals surface area contributed by atoms with Crippen molar-refractivity contribution in [1.82, 2.24) is 35.3 Å². The van der Waals surface area contributed by atoms with Gasteiger partial charge in [0.05, 0.1) is 12.2 Å². The van der Waals surface area contributed by atoms with E-state index in [1.807, 2.05) is 6.07 Å². The lowest BCUT2D eigenvalue weighted by molar-refractivity contribution is 0.0680. The number of halogens is 1. The highest BCUT2D eigenvalue weighted by molar-refractivity contribution is 5.97. The number of carbonyl (C=O) groups excluding carboxylic acids is 1. The van der Waals surface area contributed by atoms with Gasteiger partial charge in [-0.05, 0) is 41.0 Å². The van der Waals surface area contributed by atoms with Crippen LogP contribution in [-0.4, -0.2) is 47.8 Å². The van der Waals surface area contributed by atoms with Crippen molar-refractivity contribution in [3.8, 4) is 5.82 Å². The highest BCUT2D eigenvalue weighted by Crippen LogP contribution is 2.32. The number of hydrogen-bond acceptors (Lipinski definition) is 5. The minimum absolute atomic E-state index is 0.166. The van der Waals surface area contributed by atoms with Gasteiger partial charge >= 0.3 is 0 Å². The molecule has 1 unspecified atom stereocenters. The lowest BCUT2D eigenvalue weighted by Crippen LogP contribution is -2.35. The van der Waals surface area contributed by atoms with Crippen LogP contribution < -0.4 is 0 Å². The molecule has 0 saturated carbocycles. The molecule has 134 valence electrons. The first-order valence-corrected chi connectivity index (χ1v) is 8.57. The standard InChI is InChI=1S/C17H18FN7O/c18-13-6-4-5-12(9-13)15-7-2-1-3-8-24(15)17(26)14-10-19-21-16(14)25-11-20-22-23-25/h4-6,9-11,15H,1-3,7-8H2,(H,19,21). The molecular formula is C17H18FN7O. The molecule has 0 spiro atoms. The van der Waals surface area contributed by atoms with E-state index in [-0.39, 0.29) is 17.8 Å². The van der Waals surface area contributed by atoms with E-state index in [1.54, 1.807) is 11.0 Å². The summed E-state index contributed by atoms with van der Waals surface area (Å²) < 4.78 is 15.1. The van der Waals surface area contributed by atoms with Crippen molar-refractivity contribution in [2.24, 2.45) is 0 Å². The van der Waals surface area contributed by atoms with Gasteiger partial charge in [-0.25, -0.2) is 4.39 Å². The number of aromatic nitrogens is 6. The van der Waals surface area contributed by atoms with Gasteiger partial charge in [0.25, 0.3) is 5.91 Å². The molecule has 1 amide bonds. The van der Waals surface area contributed by atoms with Gasteiger partial charge in [-0.15, -0.1) is 5.10 Å². The van der Waals surface area contributed by atoms with Gasteiger partial charge in [-0.1, -0.05) is 25.0 Å². The maximum atomic E-state index is 13.7. The Kier molecular flexibility index (Phi) is 4.42. The maximum absolute atomic E-state index is 13.7. The molecule has 3 heterocycles. The molecule has 0 aliphatic carbocycles. The van der Waals surface area contributed by atoms with Gasteiger partial charge in [0.15, 0.2) is 5.82 Å². The quantitative estimate of drug-likeness (QED) is 0.778. The first-order valence-electron chi connectivity index (χ1n) is 8.57. The van der Waals surface area contributed by atoms with Gasteiger partial charge in [0.1, 0.15) is 17.7 Å². The van der Waals surface area contributed by atoms with Gasteiger partial charge in [0, 0.05) is 6.54 Å². The van der Waals surface area contributed by atoms with Crippen molar-refractivity contribution in [3.05, 3.63) is 53.7 Å². The number of nitrogens with one attached hydrogen (secondary N) is 1. The highest BCUT2D eigenvalue weighted by Gasteiger charge is 2.30. The zero-order valence-electron chi connectivity index (χ0n) is 14.0. The lowest BCUT2D eigenvalue weighted by atomic mass is 10.00. The van der Waals surface area contributed by atoms with Crippen LogP contribution in [-0.2, 0) is 0 Å². The van der Waals surface area contributed by atoms with Crippen LogP contribution in [0.25, 0.3) is 5.82 Å². The Bertz CT molecular complexity index is 892. The predicted octanol–water partition coefficient (Wildman–Crippen LogP) is 2.28. The highest BCUT2D eigenvalue weighted by atomic mass is 19.1. The van der Waals surface area contributed by atoms with Crippen LogP contribution in [0.3, 0.4) is 0 Å². The van der Waals surface area contributed by atoms with Crippen LogP contribution in [0.2, 0.25) is 0 Å². The number of benzene rings is 1. The van der Waals surface area contributed by atoms with E-state index in [4.69, 9.17) is 0 Å².